The molecule has 0 bridgehead atoms. The van der Waals surface area contributed by atoms with Crippen LogP contribution in [0.5, 0.6) is 0 Å². The highest BCUT2D eigenvalue weighted by Crippen LogP contribution is 2.23. The zero-order valence-corrected chi connectivity index (χ0v) is 11.1. The molecular weight excluding hydrogens is 244 g/mol. The van der Waals surface area contributed by atoms with Crippen LogP contribution < -0.4 is 0 Å². The van der Waals surface area contributed by atoms with Crippen LogP contribution in [0.1, 0.15) is 12.8 Å². The smallest absolute Gasteiger partial charge is 0.372 e. The molecule has 0 aromatic heterocycles. The average molecular weight is 260 g/mol. The average Bonchev–Trinajstić information content (AvgIpc) is 2.80. The number of carbonyl (C=O) groups is 1. The number of hydrazone groups is 1. The van der Waals surface area contributed by atoms with Crippen molar-refractivity contribution in [1.82, 2.24) is 5.01 Å². The summed E-state index contributed by atoms with van der Waals surface area (Å²) in [5, 5.41) is 4.64. The van der Waals surface area contributed by atoms with Gasteiger partial charge >= 0.3 is 8.80 Å². The van der Waals surface area contributed by atoms with E-state index in [1.54, 1.807) is 0 Å². The van der Waals surface area contributed by atoms with E-state index in [9.17, 15) is 9.59 Å². The van der Waals surface area contributed by atoms with Crippen LogP contribution in [-0.4, -0.2) is 59.2 Å². The van der Waals surface area contributed by atoms with Gasteiger partial charge in [0.1, 0.15) is 6.04 Å². The van der Waals surface area contributed by atoms with E-state index in [0.717, 1.165) is 6.42 Å². The van der Waals surface area contributed by atoms with Crippen LogP contribution in [-0.2, 0) is 22.9 Å². The molecule has 0 aromatic carbocycles. The summed E-state index contributed by atoms with van der Waals surface area (Å²) < 4.78 is 15.3. The Balaban J connectivity index is 2.90. The third kappa shape index (κ3) is 2.62. The van der Waals surface area contributed by atoms with Gasteiger partial charge in [-0.2, -0.15) is 0 Å². The summed E-state index contributed by atoms with van der Waals surface area (Å²) in [7, 11) is 0.796. The van der Waals surface area contributed by atoms with E-state index in [1.165, 1.54) is 32.4 Å². The van der Waals surface area contributed by atoms with E-state index in [2.05, 4.69) is 5.10 Å². The van der Waals surface area contributed by atoms with Gasteiger partial charge in [-0.05, 0) is 12.8 Å². The molecule has 1 aliphatic heterocycles. The van der Waals surface area contributed by atoms with E-state index >= 15 is 0 Å². The van der Waals surface area contributed by atoms with E-state index < -0.39 is 14.8 Å². The Hall–Kier alpha value is -1.05. The van der Waals surface area contributed by atoms with Crippen LogP contribution in [0.15, 0.2) is 5.10 Å². The molecule has 1 atom stereocenters. The minimum Gasteiger partial charge on any atom is -0.372 e. The van der Waals surface area contributed by atoms with Gasteiger partial charge in [0.05, 0.1) is 0 Å². The van der Waals surface area contributed by atoms with Crippen molar-refractivity contribution in [2.75, 3.05) is 27.9 Å². The maximum atomic E-state index is 12.3. The largest absolute Gasteiger partial charge is 0.576 e. The summed E-state index contributed by atoms with van der Waals surface area (Å²) in [5.74, 6) is 0. The molecule has 0 radical (unpaired) electrons. The summed E-state index contributed by atoms with van der Waals surface area (Å²) in [4.78, 5) is 22.6. The lowest BCUT2D eigenvalue weighted by Gasteiger charge is -2.27. The fraction of sp³-hybridized carbons (Fsp3) is 0.778. The van der Waals surface area contributed by atoms with Crippen LogP contribution >= 0.6 is 0 Å². The lowest BCUT2D eigenvalue weighted by molar-refractivity contribution is -0.122. The van der Waals surface area contributed by atoms with Crippen molar-refractivity contribution >= 4 is 20.3 Å². The molecule has 1 aliphatic rings. The Morgan fingerprint density at radius 1 is 1.35 bits per heavy atom. The molecule has 0 spiro atoms. The normalized spacial score (nSPS) is 20.2. The van der Waals surface area contributed by atoms with Gasteiger partial charge in [0.25, 0.3) is 6.08 Å². The summed E-state index contributed by atoms with van der Waals surface area (Å²) in [5.41, 5.74) is 0. The first-order chi connectivity index (χ1) is 8.15. The molecule has 1 rings (SSSR count). The molecule has 7 nitrogen and oxygen atoms in total. The third-order valence-electron chi connectivity index (χ3n) is 2.80. The van der Waals surface area contributed by atoms with Gasteiger partial charge in [0.15, 0.2) is 0 Å². The zero-order valence-electron chi connectivity index (χ0n) is 10.1. The molecule has 0 amide bonds. The van der Waals surface area contributed by atoms with Crippen LogP contribution in [0.2, 0.25) is 0 Å². The van der Waals surface area contributed by atoms with Gasteiger partial charge in [0, 0.05) is 27.9 Å². The maximum Gasteiger partial charge on any atom is 0.576 e. The Bertz CT molecular complexity index is 319. The first-order valence-electron chi connectivity index (χ1n) is 5.19. The highest BCUT2D eigenvalue weighted by atomic mass is 28.4. The van der Waals surface area contributed by atoms with E-state index in [4.69, 9.17) is 13.3 Å². The summed E-state index contributed by atoms with van der Waals surface area (Å²) >= 11 is 0. The van der Waals surface area contributed by atoms with Crippen molar-refractivity contribution in [2.24, 2.45) is 5.10 Å². The second-order valence-corrected chi connectivity index (χ2v) is 6.38. The van der Waals surface area contributed by atoms with Crippen LogP contribution in [0.4, 0.5) is 0 Å². The minimum absolute atomic E-state index is 0.276. The molecule has 96 valence electrons. The minimum atomic E-state index is -3.33. The number of rotatable bonds is 6. The topological polar surface area (TPSA) is 77.4 Å². The summed E-state index contributed by atoms with van der Waals surface area (Å²) in [6, 6.07) is -0.525. The van der Waals surface area contributed by atoms with Gasteiger partial charge < -0.3 is 13.3 Å². The molecule has 0 aromatic rings. The number of carbonyl (C=O) groups excluding carboxylic acids is 2. The van der Waals surface area contributed by atoms with Gasteiger partial charge in [0.2, 0.25) is 5.41 Å². The molecule has 17 heavy (non-hydrogen) atoms. The van der Waals surface area contributed by atoms with Crippen molar-refractivity contribution in [1.29, 1.82) is 0 Å². The SMILES string of the molecule is CO[Si](OC)(OC)C(=O)[C@@H]1CCCN1N=C=O. The van der Waals surface area contributed by atoms with Crippen LogP contribution in [0.25, 0.3) is 0 Å². The first kappa shape index (κ1) is 14.0. The summed E-state index contributed by atoms with van der Waals surface area (Å²) in [6.45, 7) is 0.549. The third-order valence-corrected chi connectivity index (χ3v) is 5.35. The number of hydrogen-bond acceptors (Lipinski definition) is 7. The highest BCUT2D eigenvalue weighted by Gasteiger charge is 2.53. The molecule has 0 aliphatic carbocycles. The molecule has 0 unspecified atom stereocenters. The summed E-state index contributed by atoms with van der Waals surface area (Å²) in [6.07, 6.45) is 2.83. The van der Waals surface area contributed by atoms with Gasteiger partial charge in [-0.1, -0.05) is 5.10 Å². The van der Waals surface area contributed by atoms with E-state index in [0.29, 0.717) is 13.0 Å². The lowest BCUT2D eigenvalue weighted by atomic mass is 10.2. The van der Waals surface area contributed by atoms with Gasteiger partial charge in [-0.15, -0.1) is 0 Å². The first-order valence-corrected chi connectivity index (χ1v) is 6.92. The van der Waals surface area contributed by atoms with E-state index in [-0.39, 0.29) is 5.41 Å². The number of isocyanates is 1. The van der Waals surface area contributed by atoms with Crippen LogP contribution in [0.3, 0.4) is 0 Å². The van der Waals surface area contributed by atoms with Gasteiger partial charge in [-0.25, -0.2) is 4.79 Å². The predicted octanol–water partition coefficient (Wildman–Crippen LogP) is -0.312. The fourth-order valence-corrected chi connectivity index (χ4v) is 3.75. The van der Waals surface area contributed by atoms with Crippen molar-refractivity contribution in [3.05, 3.63) is 0 Å². The Kier molecular flexibility index (Phi) is 4.97. The second-order valence-electron chi connectivity index (χ2n) is 3.55. The quantitative estimate of drug-likeness (QED) is 0.370. The Morgan fingerprint density at radius 2 is 1.94 bits per heavy atom. The molecular formula is C9H16N2O5Si. The monoisotopic (exact) mass is 260 g/mol. The van der Waals surface area contributed by atoms with E-state index in [1.807, 2.05) is 0 Å². The Morgan fingerprint density at radius 3 is 2.41 bits per heavy atom. The Labute approximate surface area is 101 Å². The zero-order chi connectivity index (χ0) is 12.9. The van der Waals surface area contributed by atoms with Crippen molar-refractivity contribution < 1.29 is 22.9 Å². The molecule has 1 fully saturated rings. The molecule has 0 N–H and O–H groups in total. The van der Waals surface area contributed by atoms with Gasteiger partial charge in [-0.3, -0.25) is 9.80 Å². The molecule has 8 heteroatoms. The predicted molar refractivity (Wildman–Crippen MR) is 59.6 cm³/mol. The maximum absolute atomic E-state index is 12.3. The lowest BCUT2D eigenvalue weighted by Crippen LogP contribution is -2.57. The second kappa shape index (κ2) is 6.04. The fourth-order valence-electron chi connectivity index (χ4n) is 1.95. The molecule has 1 heterocycles. The van der Waals surface area contributed by atoms with Crippen molar-refractivity contribution in [3.8, 4) is 0 Å². The number of hydrogen-bond donors (Lipinski definition) is 0. The standard InChI is InChI=1S/C9H16N2O5Si/c1-14-17(15-2,16-3)9(13)8-5-4-6-11(8)10-7-12/h8H,4-6H2,1-3H3/t8-/m0/s1. The highest BCUT2D eigenvalue weighted by molar-refractivity contribution is 6.93. The van der Waals surface area contributed by atoms with Crippen molar-refractivity contribution in [3.63, 3.8) is 0 Å². The van der Waals surface area contributed by atoms with Crippen molar-refractivity contribution in [2.45, 2.75) is 18.9 Å². The molecule has 1 saturated heterocycles. The number of nitrogens with zero attached hydrogens (tertiary/aromatic N) is 2. The molecule has 0 saturated carbocycles. The van der Waals surface area contributed by atoms with Crippen LogP contribution in [0, 0.1) is 0 Å².